The molecule has 36 heavy (non-hydrogen) atoms. The SMILES string of the molecule is C=C1C(=CC=C2CCC[C@]3(C)[C@@H]([C@H](C)C=C[C@@H](O)C4(C(=O)CCCC)CC4)CC[C@@H]23)C[C@@H](O)C[C@@H]1O. The van der Waals surface area contributed by atoms with E-state index in [1.807, 2.05) is 6.08 Å². The predicted octanol–water partition coefficient (Wildman–Crippen LogP) is 6.22. The Labute approximate surface area is 218 Å². The van der Waals surface area contributed by atoms with Crippen molar-refractivity contribution in [1.82, 2.24) is 0 Å². The number of hydrogen-bond acceptors (Lipinski definition) is 4. The maximum atomic E-state index is 12.7. The third kappa shape index (κ3) is 5.37. The minimum Gasteiger partial charge on any atom is -0.393 e. The number of unbranched alkanes of at least 4 members (excludes halogenated alkanes) is 1. The number of aliphatic hydroxyl groups is 3. The van der Waals surface area contributed by atoms with Gasteiger partial charge in [0.1, 0.15) is 5.78 Å². The smallest absolute Gasteiger partial charge is 0.141 e. The molecule has 0 unspecified atom stereocenters. The van der Waals surface area contributed by atoms with E-state index >= 15 is 0 Å². The Morgan fingerprint density at radius 1 is 1.17 bits per heavy atom. The average Bonchev–Trinajstić information content (AvgIpc) is 3.58. The van der Waals surface area contributed by atoms with Crippen molar-refractivity contribution in [3.8, 4) is 0 Å². The van der Waals surface area contributed by atoms with Gasteiger partial charge in [0.15, 0.2) is 0 Å². The van der Waals surface area contributed by atoms with Crippen LogP contribution in [0.15, 0.2) is 47.6 Å². The quantitative estimate of drug-likeness (QED) is 0.331. The van der Waals surface area contributed by atoms with Gasteiger partial charge in [-0.2, -0.15) is 0 Å². The lowest BCUT2D eigenvalue weighted by Gasteiger charge is -2.44. The maximum Gasteiger partial charge on any atom is 0.141 e. The lowest BCUT2D eigenvalue weighted by molar-refractivity contribution is -0.127. The summed E-state index contributed by atoms with van der Waals surface area (Å²) >= 11 is 0. The van der Waals surface area contributed by atoms with Crippen LogP contribution in [0.3, 0.4) is 0 Å². The van der Waals surface area contributed by atoms with Gasteiger partial charge in [-0.3, -0.25) is 4.79 Å². The highest BCUT2D eigenvalue weighted by molar-refractivity contribution is 5.88. The Balaban J connectivity index is 1.44. The number of ketones is 1. The summed E-state index contributed by atoms with van der Waals surface area (Å²) in [5.74, 6) is 1.71. The van der Waals surface area contributed by atoms with Crippen molar-refractivity contribution in [2.45, 2.75) is 116 Å². The van der Waals surface area contributed by atoms with Gasteiger partial charge in [-0.25, -0.2) is 0 Å². The van der Waals surface area contributed by atoms with Crippen LogP contribution < -0.4 is 0 Å². The van der Waals surface area contributed by atoms with E-state index < -0.39 is 23.7 Å². The van der Waals surface area contributed by atoms with Gasteiger partial charge in [-0.15, -0.1) is 0 Å². The Kier molecular flexibility index (Phi) is 8.49. The van der Waals surface area contributed by atoms with Crippen molar-refractivity contribution in [1.29, 1.82) is 0 Å². The van der Waals surface area contributed by atoms with Gasteiger partial charge < -0.3 is 15.3 Å². The van der Waals surface area contributed by atoms with E-state index in [1.165, 1.54) is 31.3 Å². The van der Waals surface area contributed by atoms with E-state index in [2.05, 4.69) is 45.6 Å². The zero-order chi connectivity index (χ0) is 26.1. The lowest BCUT2D eigenvalue weighted by Crippen LogP contribution is -2.35. The number of allylic oxidation sites excluding steroid dienone is 4. The summed E-state index contributed by atoms with van der Waals surface area (Å²) in [7, 11) is 0. The van der Waals surface area contributed by atoms with Gasteiger partial charge in [-0.05, 0) is 92.1 Å². The first-order chi connectivity index (χ1) is 17.1. The average molecular weight is 497 g/mol. The Hall–Kier alpha value is -1.49. The van der Waals surface area contributed by atoms with Crippen LogP contribution in [-0.4, -0.2) is 39.4 Å². The molecule has 0 amide bonds. The molecule has 4 aliphatic rings. The molecule has 7 atom stereocenters. The van der Waals surface area contributed by atoms with Crippen molar-refractivity contribution in [3.63, 3.8) is 0 Å². The first-order valence-corrected chi connectivity index (χ1v) is 14.5. The second-order valence-electron chi connectivity index (χ2n) is 12.5. The molecule has 0 aromatic heterocycles. The highest BCUT2D eigenvalue weighted by Gasteiger charge is 2.54. The number of carbonyl (C=O) groups excluding carboxylic acids is 1. The maximum absolute atomic E-state index is 12.7. The largest absolute Gasteiger partial charge is 0.393 e. The molecule has 4 aliphatic carbocycles. The third-order valence-electron chi connectivity index (χ3n) is 10.2. The number of hydrogen-bond donors (Lipinski definition) is 3. The molecule has 0 saturated heterocycles. The topological polar surface area (TPSA) is 77.8 Å². The first kappa shape index (κ1) is 27.5. The lowest BCUT2D eigenvalue weighted by atomic mass is 9.61. The summed E-state index contributed by atoms with van der Waals surface area (Å²) in [6, 6.07) is 0. The molecule has 0 radical (unpaired) electrons. The van der Waals surface area contributed by atoms with Crippen molar-refractivity contribution >= 4 is 5.78 Å². The molecule has 0 aromatic carbocycles. The molecular weight excluding hydrogens is 448 g/mol. The van der Waals surface area contributed by atoms with Gasteiger partial charge >= 0.3 is 0 Å². The van der Waals surface area contributed by atoms with Gasteiger partial charge in [0.25, 0.3) is 0 Å². The zero-order valence-electron chi connectivity index (χ0n) is 22.7. The van der Waals surface area contributed by atoms with Gasteiger partial charge in [0.05, 0.1) is 23.7 Å². The molecule has 0 heterocycles. The second kappa shape index (κ2) is 11.1. The number of fused-ring (bicyclic) bond motifs is 1. The highest BCUT2D eigenvalue weighted by Crippen LogP contribution is 2.59. The molecule has 0 aliphatic heterocycles. The number of rotatable bonds is 9. The molecule has 4 fully saturated rings. The van der Waals surface area contributed by atoms with Crippen LogP contribution in [0.4, 0.5) is 0 Å². The second-order valence-corrected chi connectivity index (χ2v) is 12.5. The van der Waals surface area contributed by atoms with Crippen LogP contribution in [0.5, 0.6) is 0 Å². The van der Waals surface area contributed by atoms with Crippen LogP contribution in [0.2, 0.25) is 0 Å². The number of Topliss-reactive ketones (excluding diaryl/α,β-unsaturated/α-hetero) is 1. The van der Waals surface area contributed by atoms with Gasteiger partial charge in [-0.1, -0.05) is 63.6 Å². The Bertz CT molecular complexity index is 922. The van der Waals surface area contributed by atoms with Crippen molar-refractivity contribution in [2.24, 2.45) is 28.6 Å². The molecule has 3 N–H and O–H groups in total. The third-order valence-corrected chi connectivity index (χ3v) is 10.2. The Morgan fingerprint density at radius 2 is 1.92 bits per heavy atom. The summed E-state index contributed by atoms with van der Waals surface area (Å²) in [4.78, 5) is 12.7. The van der Waals surface area contributed by atoms with Crippen molar-refractivity contribution in [2.75, 3.05) is 0 Å². The van der Waals surface area contributed by atoms with Crippen LogP contribution in [0, 0.1) is 28.6 Å². The summed E-state index contributed by atoms with van der Waals surface area (Å²) in [6.45, 7) is 10.9. The molecule has 4 rings (SSSR count). The normalized spacial score (nSPS) is 37.9. The van der Waals surface area contributed by atoms with E-state index in [1.54, 1.807) is 0 Å². The van der Waals surface area contributed by atoms with E-state index in [4.69, 9.17) is 0 Å². The van der Waals surface area contributed by atoms with Gasteiger partial charge in [0.2, 0.25) is 0 Å². The first-order valence-electron chi connectivity index (χ1n) is 14.5. The summed E-state index contributed by atoms with van der Waals surface area (Å²) in [5.41, 5.74) is 2.94. The highest BCUT2D eigenvalue weighted by atomic mass is 16.3. The molecule has 0 bridgehead atoms. The van der Waals surface area contributed by atoms with E-state index in [0.29, 0.717) is 37.0 Å². The molecule has 0 spiro atoms. The Morgan fingerprint density at radius 3 is 2.61 bits per heavy atom. The minimum atomic E-state index is -0.656. The van der Waals surface area contributed by atoms with Crippen LogP contribution >= 0.6 is 0 Å². The molecule has 4 saturated carbocycles. The predicted molar refractivity (Wildman–Crippen MR) is 145 cm³/mol. The number of carbonyl (C=O) groups is 1. The fraction of sp³-hybridized carbons (Fsp3) is 0.719. The fourth-order valence-electron chi connectivity index (χ4n) is 7.67. The summed E-state index contributed by atoms with van der Waals surface area (Å²) in [6.07, 6.45) is 17.7. The molecule has 200 valence electrons. The summed E-state index contributed by atoms with van der Waals surface area (Å²) in [5, 5.41) is 31.2. The molecule has 4 nitrogen and oxygen atoms in total. The van der Waals surface area contributed by atoms with Crippen LogP contribution in [0.1, 0.15) is 97.8 Å². The molecule has 4 heteroatoms. The molecular formula is C32H48O4. The van der Waals surface area contributed by atoms with Gasteiger partial charge in [0, 0.05) is 12.8 Å². The van der Waals surface area contributed by atoms with Crippen LogP contribution in [0.25, 0.3) is 0 Å². The number of aliphatic hydroxyl groups excluding tert-OH is 3. The zero-order valence-corrected chi connectivity index (χ0v) is 22.7. The van der Waals surface area contributed by atoms with Crippen molar-refractivity contribution < 1.29 is 20.1 Å². The monoisotopic (exact) mass is 496 g/mol. The van der Waals surface area contributed by atoms with Crippen molar-refractivity contribution in [3.05, 3.63) is 47.6 Å². The standard InChI is InChI=1S/C32H48O4/c1-5-6-9-29(35)32(17-18-32)30(36)15-10-21(2)26-13-14-27-23(8-7-16-31(26,27)4)11-12-24-19-25(33)20-28(34)22(24)3/h10-12,15,21,25-28,30,33-34,36H,3,5-9,13-14,16-20H2,1-2,4H3/t21-,25-,26-,27+,28+,30-,31-/m1/s1. The minimum absolute atomic E-state index is 0.230. The summed E-state index contributed by atoms with van der Waals surface area (Å²) < 4.78 is 0. The molecule has 0 aromatic rings. The van der Waals surface area contributed by atoms with E-state index in [0.717, 1.165) is 43.3 Å². The van der Waals surface area contributed by atoms with Crippen LogP contribution in [-0.2, 0) is 4.79 Å². The van der Waals surface area contributed by atoms with E-state index in [9.17, 15) is 20.1 Å². The fourth-order valence-corrected chi connectivity index (χ4v) is 7.67. The van der Waals surface area contributed by atoms with E-state index in [-0.39, 0.29) is 11.2 Å².